The predicted molar refractivity (Wildman–Crippen MR) is 53.4 cm³/mol. The van der Waals surface area contributed by atoms with Gasteiger partial charge in [0.15, 0.2) is 0 Å². The highest BCUT2D eigenvalue weighted by molar-refractivity contribution is 5.12. The number of aromatic nitrogens is 3. The summed E-state index contributed by atoms with van der Waals surface area (Å²) in [4.78, 5) is 7.99. The van der Waals surface area contributed by atoms with E-state index in [-0.39, 0.29) is 6.04 Å². The van der Waals surface area contributed by atoms with E-state index in [2.05, 4.69) is 9.97 Å². The molecular weight excluding hydrogens is 176 g/mol. The van der Waals surface area contributed by atoms with Gasteiger partial charge in [-0.3, -0.25) is 4.98 Å². The Kier molecular flexibility index (Phi) is 2.55. The van der Waals surface area contributed by atoms with Crippen LogP contribution in [-0.2, 0) is 6.54 Å². The van der Waals surface area contributed by atoms with Crippen LogP contribution in [0.1, 0.15) is 11.6 Å². The first-order valence-electron chi connectivity index (χ1n) is 4.47. The van der Waals surface area contributed by atoms with E-state index in [4.69, 9.17) is 5.73 Å². The minimum absolute atomic E-state index is 0.0297. The molecule has 0 aliphatic carbocycles. The molecule has 0 bridgehead atoms. The number of pyridine rings is 1. The molecular formula is C10H12N4. The topological polar surface area (TPSA) is 56.7 Å². The Labute approximate surface area is 82.4 Å². The Bertz CT molecular complexity index is 368. The van der Waals surface area contributed by atoms with E-state index in [0.717, 1.165) is 12.1 Å². The number of nitrogens with two attached hydrogens (primary N) is 1. The molecule has 2 N–H and O–H groups in total. The fourth-order valence-corrected chi connectivity index (χ4v) is 1.32. The fraction of sp³-hybridized carbons (Fsp3) is 0.200. The smallest absolute Gasteiger partial charge is 0.0946 e. The second-order valence-electron chi connectivity index (χ2n) is 3.15. The Morgan fingerprint density at radius 2 is 2.29 bits per heavy atom. The third-order valence-corrected chi connectivity index (χ3v) is 2.08. The highest BCUT2D eigenvalue weighted by Crippen LogP contribution is 2.09. The molecule has 0 aliphatic heterocycles. The Morgan fingerprint density at radius 1 is 1.36 bits per heavy atom. The maximum atomic E-state index is 6.00. The minimum atomic E-state index is -0.0297. The Morgan fingerprint density at radius 3 is 2.93 bits per heavy atom. The molecule has 0 aliphatic rings. The molecule has 0 saturated heterocycles. The van der Waals surface area contributed by atoms with Crippen molar-refractivity contribution < 1.29 is 0 Å². The third-order valence-electron chi connectivity index (χ3n) is 2.08. The monoisotopic (exact) mass is 188 g/mol. The lowest BCUT2D eigenvalue weighted by Crippen LogP contribution is -2.16. The lowest BCUT2D eigenvalue weighted by Gasteiger charge is -2.11. The maximum Gasteiger partial charge on any atom is 0.0946 e. The Hall–Kier alpha value is -1.68. The van der Waals surface area contributed by atoms with Crippen molar-refractivity contribution in [1.29, 1.82) is 0 Å². The van der Waals surface area contributed by atoms with E-state index in [1.807, 2.05) is 22.9 Å². The highest BCUT2D eigenvalue weighted by atomic mass is 15.0. The first-order valence-corrected chi connectivity index (χ1v) is 4.47. The first-order chi connectivity index (χ1) is 6.86. The van der Waals surface area contributed by atoms with Crippen LogP contribution in [0.25, 0.3) is 0 Å². The number of rotatable bonds is 3. The van der Waals surface area contributed by atoms with E-state index in [0.29, 0.717) is 0 Å². The van der Waals surface area contributed by atoms with E-state index >= 15 is 0 Å². The summed E-state index contributed by atoms with van der Waals surface area (Å²) in [6, 6.07) is 3.84. The summed E-state index contributed by atoms with van der Waals surface area (Å²) in [5.41, 5.74) is 7.04. The zero-order valence-corrected chi connectivity index (χ0v) is 7.74. The summed E-state index contributed by atoms with van der Waals surface area (Å²) in [5.74, 6) is 0. The Balaban J connectivity index is 2.07. The van der Waals surface area contributed by atoms with Gasteiger partial charge in [-0.15, -0.1) is 0 Å². The molecule has 4 nitrogen and oxygen atoms in total. The van der Waals surface area contributed by atoms with E-state index in [1.165, 1.54) is 0 Å². The standard InChI is InChI=1S/C10H12N4/c11-10(7-14-5-4-13-8-14)9-2-1-3-12-6-9/h1-6,8,10H,7,11H2. The minimum Gasteiger partial charge on any atom is -0.336 e. The molecule has 14 heavy (non-hydrogen) atoms. The summed E-state index contributed by atoms with van der Waals surface area (Å²) < 4.78 is 1.96. The van der Waals surface area contributed by atoms with Gasteiger partial charge in [0, 0.05) is 37.4 Å². The fourth-order valence-electron chi connectivity index (χ4n) is 1.32. The molecule has 2 aromatic heterocycles. The number of hydrogen-bond acceptors (Lipinski definition) is 3. The summed E-state index contributed by atoms with van der Waals surface area (Å²) in [5, 5.41) is 0. The van der Waals surface area contributed by atoms with Crippen molar-refractivity contribution in [3.63, 3.8) is 0 Å². The summed E-state index contributed by atoms with van der Waals surface area (Å²) in [6.45, 7) is 0.728. The van der Waals surface area contributed by atoms with Crippen LogP contribution in [0.3, 0.4) is 0 Å². The zero-order chi connectivity index (χ0) is 9.80. The van der Waals surface area contributed by atoms with Crippen LogP contribution in [0.2, 0.25) is 0 Å². The van der Waals surface area contributed by atoms with E-state index in [9.17, 15) is 0 Å². The van der Waals surface area contributed by atoms with E-state index < -0.39 is 0 Å². The average Bonchev–Trinajstić information content (AvgIpc) is 2.72. The molecule has 0 amide bonds. The van der Waals surface area contributed by atoms with Gasteiger partial charge in [0.2, 0.25) is 0 Å². The van der Waals surface area contributed by atoms with Crippen molar-refractivity contribution in [2.45, 2.75) is 12.6 Å². The van der Waals surface area contributed by atoms with Crippen molar-refractivity contribution in [2.24, 2.45) is 5.73 Å². The average molecular weight is 188 g/mol. The normalized spacial score (nSPS) is 12.6. The third kappa shape index (κ3) is 1.97. The van der Waals surface area contributed by atoms with Gasteiger partial charge in [0.1, 0.15) is 0 Å². The van der Waals surface area contributed by atoms with Gasteiger partial charge in [-0.25, -0.2) is 4.98 Å². The summed E-state index contributed by atoms with van der Waals surface area (Å²) >= 11 is 0. The van der Waals surface area contributed by atoms with Crippen LogP contribution in [0.5, 0.6) is 0 Å². The van der Waals surface area contributed by atoms with Gasteiger partial charge in [-0.2, -0.15) is 0 Å². The molecule has 0 aromatic carbocycles. The molecule has 2 rings (SSSR count). The molecule has 0 saturated carbocycles. The van der Waals surface area contributed by atoms with Crippen LogP contribution in [0, 0.1) is 0 Å². The lowest BCUT2D eigenvalue weighted by atomic mass is 10.1. The summed E-state index contributed by atoms with van der Waals surface area (Å²) in [6.07, 6.45) is 8.94. The molecule has 0 spiro atoms. The van der Waals surface area contributed by atoms with Crippen LogP contribution in [0.4, 0.5) is 0 Å². The zero-order valence-electron chi connectivity index (χ0n) is 7.74. The molecule has 1 unspecified atom stereocenters. The van der Waals surface area contributed by atoms with Gasteiger partial charge < -0.3 is 10.3 Å². The summed E-state index contributed by atoms with van der Waals surface area (Å²) in [7, 11) is 0. The number of imidazole rings is 1. The first kappa shape index (κ1) is 8.90. The van der Waals surface area contributed by atoms with Crippen molar-refractivity contribution >= 4 is 0 Å². The van der Waals surface area contributed by atoms with Crippen LogP contribution < -0.4 is 5.73 Å². The van der Waals surface area contributed by atoms with Crippen molar-refractivity contribution in [3.05, 3.63) is 48.8 Å². The highest BCUT2D eigenvalue weighted by Gasteiger charge is 2.05. The van der Waals surface area contributed by atoms with Gasteiger partial charge in [-0.05, 0) is 11.6 Å². The molecule has 72 valence electrons. The van der Waals surface area contributed by atoms with Gasteiger partial charge in [0.25, 0.3) is 0 Å². The molecule has 2 aromatic rings. The number of nitrogens with zero attached hydrogens (tertiary/aromatic N) is 3. The lowest BCUT2D eigenvalue weighted by molar-refractivity contribution is 0.575. The second-order valence-corrected chi connectivity index (χ2v) is 3.15. The largest absolute Gasteiger partial charge is 0.336 e. The molecule has 4 heteroatoms. The van der Waals surface area contributed by atoms with E-state index in [1.54, 1.807) is 24.9 Å². The van der Waals surface area contributed by atoms with Crippen LogP contribution >= 0.6 is 0 Å². The SMILES string of the molecule is NC(Cn1ccnc1)c1cccnc1. The quantitative estimate of drug-likeness (QED) is 0.781. The predicted octanol–water partition coefficient (Wildman–Crippen LogP) is 0.978. The van der Waals surface area contributed by atoms with Crippen molar-refractivity contribution in [3.8, 4) is 0 Å². The van der Waals surface area contributed by atoms with Crippen molar-refractivity contribution in [1.82, 2.24) is 14.5 Å². The van der Waals surface area contributed by atoms with Gasteiger partial charge >= 0.3 is 0 Å². The van der Waals surface area contributed by atoms with Crippen LogP contribution in [0.15, 0.2) is 43.2 Å². The number of hydrogen-bond donors (Lipinski definition) is 1. The molecule has 1 atom stereocenters. The molecule has 2 heterocycles. The van der Waals surface area contributed by atoms with Crippen LogP contribution in [-0.4, -0.2) is 14.5 Å². The van der Waals surface area contributed by atoms with Gasteiger partial charge in [-0.1, -0.05) is 6.07 Å². The molecule has 0 radical (unpaired) electrons. The second kappa shape index (κ2) is 4.02. The van der Waals surface area contributed by atoms with Crippen molar-refractivity contribution in [2.75, 3.05) is 0 Å². The maximum absolute atomic E-state index is 6.00. The van der Waals surface area contributed by atoms with Gasteiger partial charge in [0.05, 0.1) is 6.33 Å². The molecule has 0 fully saturated rings.